The zero-order valence-corrected chi connectivity index (χ0v) is 16.5. The summed E-state index contributed by atoms with van der Waals surface area (Å²) in [5.74, 6) is -0.00220. The Morgan fingerprint density at radius 2 is 1.79 bits per heavy atom. The topological polar surface area (TPSA) is 67.7 Å². The van der Waals surface area contributed by atoms with Gasteiger partial charge in [0.05, 0.1) is 24.0 Å². The number of piperazine rings is 1. The van der Waals surface area contributed by atoms with Gasteiger partial charge in [-0.2, -0.15) is 0 Å². The number of carbonyl (C=O) groups excluding carboxylic acids is 2. The molecule has 1 aromatic carbocycles. The summed E-state index contributed by atoms with van der Waals surface area (Å²) in [5, 5.41) is 0. The Morgan fingerprint density at radius 3 is 2.50 bits per heavy atom. The number of nitrogens with zero attached hydrogens (tertiary/aromatic N) is 4. The fraction of sp³-hybridized carbons (Fsp3) is 0.571. The number of amides is 2. The number of benzene rings is 1. The quantitative estimate of drug-likeness (QED) is 0.813. The Balaban J connectivity index is 1.44. The van der Waals surface area contributed by atoms with Crippen molar-refractivity contribution in [2.24, 2.45) is 0 Å². The van der Waals surface area contributed by atoms with Gasteiger partial charge in [0, 0.05) is 37.8 Å². The van der Waals surface area contributed by atoms with Crippen molar-refractivity contribution in [2.75, 3.05) is 32.8 Å². The monoisotopic (exact) mass is 384 g/mol. The lowest BCUT2D eigenvalue weighted by Crippen LogP contribution is -2.50. The van der Waals surface area contributed by atoms with Crippen LogP contribution in [-0.4, -0.2) is 64.1 Å². The number of imidazole rings is 1. The molecule has 1 aromatic heterocycles. The van der Waals surface area contributed by atoms with E-state index < -0.39 is 0 Å². The maximum atomic E-state index is 12.9. The maximum absolute atomic E-state index is 12.9. The molecule has 7 nitrogen and oxygen atoms in total. The summed E-state index contributed by atoms with van der Waals surface area (Å²) in [6, 6.07) is 6.35. The number of ether oxygens (including phenoxy) is 1. The van der Waals surface area contributed by atoms with Gasteiger partial charge in [-0.25, -0.2) is 9.78 Å². The molecule has 0 atom stereocenters. The molecule has 0 unspecified atom stereocenters. The molecule has 7 heteroatoms. The number of aromatic nitrogens is 2. The van der Waals surface area contributed by atoms with Crippen molar-refractivity contribution in [2.45, 2.75) is 45.1 Å². The second-order valence-electron chi connectivity index (χ2n) is 7.63. The molecule has 2 fully saturated rings. The van der Waals surface area contributed by atoms with Crippen LogP contribution < -0.4 is 0 Å². The van der Waals surface area contributed by atoms with Crippen LogP contribution >= 0.6 is 0 Å². The molecular formula is C21H28N4O3. The molecule has 2 heterocycles. The SMILES string of the molecule is CCOC(=O)N1CCN(C(=O)c2ccc3c(c2)ncn3C2CCCCC2)CC1. The molecule has 0 radical (unpaired) electrons. The molecular weight excluding hydrogens is 356 g/mol. The average Bonchev–Trinajstić information content (AvgIpc) is 3.17. The van der Waals surface area contributed by atoms with Crippen LogP contribution in [0.25, 0.3) is 11.0 Å². The summed E-state index contributed by atoms with van der Waals surface area (Å²) in [5.41, 5.74) is 2.64. The summed E-state index contributed by atoms with van der Waals surface area (Å²) in [6.45, 7) is 4.21. The van der Waals surface area contributed by atoms with Crippen molar-refractivity contribution in [1.82, 2.24) is 19.4 Å². The highest BCUT2D eigenvalue weighted by atomic mass is 16.6. The summed E-state index contributed by atoms with van der Waals surface area (Å²) < 4.78 is 7.31. The number of fused-ring (bicyclic) bond motifs is 1. The van der Waals surface area contributed by atoms with E-state index in [2.05, 4.69) is 9.55 Å². The number of hydrogen-bond acceptors (Lipinski definition) is 4. The number of carbonyl (C=O) groups is 2. The van der Waals surface area contributed by atoms with Gasteiger partial charge < -0.3 is 19.1 Å². The molecule has 150 valence electrons. The Bertz CT molecular complexity index is 848. The van der Waals surface area contributed by atoms with Crippen LogP contribution in [0, 0.1) is 0 Å². The zero-order chi connectivity index (χ0) is 19.5. The molecule has 4 rings (SSSR count). The zero-order valence-electron chi connectivity index (χ0n) is 16.5. The van der Waals surface area contributed by atoms with Gasteiger partial charge in [-0.1, -0.05) is 19.3 Å². The minimum Gasteiger partial charge on any atom is -0.450 e. The van der Waals surface area contributed by atoms with E-state index in [4.69, 9.17) is 4.74 Å². The van der Waals surface area contributed by atoms with Crippen LogP contribution in [0.4, 0.5) is 4.79 Å². The van der Waals surface area contributed by atoms with Gasteiger partial charge in [-0.05, 0) is 38.0 Å². The molecule has 1 aliphatic carbocycles. The van der Waals surface area contributed by atoms with Gasteiger partial charge in [0.1, 0.15) is 0 Å². The van der Waals surface area contributed by atoms with Crippen LogP contribution in [0.3, 0.4) is 0 Å². The first kappa shape index (κ1) is 18.8. The minimum atomic E-state index is -0.302. The van der Waals surface area contributed by atoms with Crippen LogP contribution in [-0.2, 0) is 4.74 Å². The Kier molecular flexibility index (Phi) is 5.50. The lowest BCUT2D eigenvalue weighted by atomic mass is 9.95. The second-order valence-corrected chi connectivity index (χ2v) is 7.63. The van der Waals surface area contributed by atoms with E-state index in [0.29, 0.717) is 44.4 Å². The van der Waals surface area contributed by atoms with Gasteiger partial charge >= 0.3 is 6.09 Å². The maximum Gasteiger partial charge on any atom is 0.409 e. The van der Waals surface area contributed by atoms with Crippen molar-refractivity contribution in [3.63, 3.8) is 0 Å². The first-order valence-corrected chi connectivity index (χ1v) is 10.3. The van der Waals surface area contributed by atoms with E-state index in [1.54, 1.807) is 16.7 Å². The van der Waals surface area contributed by atoms with E-state index in [-0.39, 0.29) is 12.0 Å². The molecule has 0 bridgehead atoms. The smallest absolute Gasteiger partial charge is 0.409 e. The van der Waals surface area contributed by atoms with Crippen LogP contribution in [0.5, 0.6) is 0 Å². The predicted octanol–water partition coefficient (Wildman–Crippen LogP) is 3.46. The highest BCUT2D eigenvalue weighted by Gasteiger charge is 2.26. The highest BCUT2D eigenvalue weighted by Crippen LogP contribution is 2.31. The van der Waals surface area contributed by atoms with Crippen LogP contribution in [0.1, 0.15) is 55.4 Å². The van der Waals surface area contributed by atoms with Gasteiger partial charge in [0.25, 0.3) is 5.91 Å². The van der Waals surface area contributed by atoms with Crippen molar-refractivity contribution >= 4 is 23.0 Å². The Morgan fingerprint density at radius 1 is 1.07 bits per heavy atom. The largest absolute Gasteiger partial charge is 0.450 e. The predicted molar refractivity (Wildman–Crippen MR) is 106 cm³/mol. The van der Waals surface area contributed by atoms with Gasteiger partial charge in [0.2, 0.25) is 0 Å². The lowest BCUT2D eigenvalue weighted by molar-refractivity contribution is 0.0570. The third-order valence-corrected chi connectivity index (χ3v) is 5.88. The lowest BCUT2D eigenvalue weighted by Gasteiger charge is -2.34. The number of hydrogen-bond donors (Lipinski definition) is 0. The van der Waals surface area contributed by atoms with E-state index in [9.17, 15) is 9.59 Å². The fourth-order valence-corrected chi connectivity index (χ4v) is 4.30. The van der Waals surface area contributed by atoms with Gasteiger partial charge in [-0.15, -0.1) is 0 Å². The van der Waals surface area contributed by atoms with Crippen molar-refractivity contribution < 1.29 is 14.3 Å². The third kappa shape index (κ3) is 3.70. The average molecular weight is 384 g/mol. The number of rotatable bonds is 3. The standard InChI is InChI=1S/C21H28N4O3/c1-2-28-21(27)24-12-10-23(11-13-24)20(26)16-8-9-19-18(14-16)22-15-25(19)17-6-4-3-5-7-17/h8-9,14-15,17H,2-7,10-13H2,1H3. The van der Waals surface area contributed by atoms with E-state index in [1.165, 1.54) is 32.1 Å². The molecule has 2 aromatic rings. The molecule has 0 N–H and O–H groups in total. The second kappa shape index (κ2) is 8.20. The molecule has 0 spiro atoms. The summed E-state index contributed by atoms with van der Waals surface area (Å²) in [6.07, 6.45) is 7.91. The summed E-state index contributed by atoms with van der Waals surface area (Å²) in [4.78, 5) is 32.7. The van der Waals surface area contributed by atoms with Crippen molar-refractivity contribution in [1.29, 1.82) is 0 Å². The molecule has 2 amide bonds. The minimum absolute atomic E-state index is 0.00220. The summed E-state index contributed by atoms with van der Waals surface area (Å²) in [7, 11) is 0. The van der Waals surface area contributed by atoms with Crippen LogP contribution in [0.15, 0.2) is 24.5 Å². The first-order valence-electron chi connectivity index (χ1n) is 10.3. The van der Waals surface area contributed by atoms with Crippen molar-refractivity contribution in [3.8, 4) is 0 Å². The Hall–Kier alpha value is -2.57. The molecule has 28 heavy (non-hydrogen) atoms. The van der Waals surface area contributed by atoms with Crippen LogP contribution in [0.2, 0.25) is 0 Å². The molecule has 1 saturated heterocycles. The first-order chi connectivity index (χ1) is 13.7. The normalized spacial score (nSPS) is 18.5. The highest BCUT2D eigenvalue weighted by molar-refractivity contribution is 5.97. The molecule has 1 saturated carbocycles. The van der Waals surface area contributed by atoms with E-state index in [1.807, 2.05) is 24.5 Å². The molecule has 2 aliphatic rings. The van der Waals surface area contributed by atoms with E-state index >= 15 is 0 Å². The van der Waals surface area contributed by atoms with E-state index in [0.717, 1.165) is 11.0 Å². The van der Waals surface area contributed by atoms with Gasteiger partial charge in [-0.3, -0.25) is 4.79 Å². The molecule has 1 aliphatic heterocycles. The van der Waals surface area contributed by atoms with Gasteiger partial charge in [0.15, 0.2) is 0 Å². The third-order valence-electron chi connectivity index (χ3n) is 5.88. The van der Waals surface area contributed by atoms with Crippen molar-refractivity contribution in [3.05, 3.63) is 30.1 Å². The fourth-order valence-electron chi connectivity index (χ4n) is 4.30. The summed E-state index contributed by atoms with van der Waals surface area (Å²) >= 11 is 0. The Labute approximate surface area is 165 Å².